The van der Waals surface area contributed by atoms with Gasteiger partial charge in [-0.2, -0.15) is 0 Å². The van der Waals surface area contributed by atoms with Crippen LogP contribution in [0.1, 0.15) is 41.0 Å². The Hall–Kier alpha value is -1.10. The molecule has 0 saturated heterocycles. The van der Waals surface area contributed by atoms with Crippen LogP contribution >= 0.6 is 0 Å². The summed E-state index contributed by atoms with van der Waals surface area (Å²) in [6.45, 7) is 9.32. The van der Waals surface area contributed by atoms with E-state index in [0.717, 1.165) is 0 Å². The Bertz CT molecular complexity index is 264. The lowest BCUT2D eigenvalue weighted by molar-refractivity contribution is -0.169. The first-order chi connectivity index (χ1) is 8.79. The van der Waals surface area contributed by atoms with Gasteiger partial charge in [-0.1, -0.05) is 6.92 Å². The van der Waals surface area contributed by atoms with Crippen molar-refractivity contribution in [2.45, 2.75) is 53.2 Å². The summed E-state index contributed by atoms with van der Waals surface area (Å²) in [7, 11) is 1.58. The number of ether oxygens (including phenoxy) is 3. The van der Waals surface area contributed by atoms with Crippen LogP contribution in [0.5, 0.6) is 0 Å². The van der Waals surface area contributed by atoms with Crippen molar-refractivity contribution in [3.63, 3.8) is 0 Å². The number of carbonyl (C=O) groups is 2. The van der Waals surface area contributed by atoms with Crippen molar-refractivity contribution in [2.75, 3.05) is 13.7 Å². The molecule has 0 aromatic carbocycles. The van der Waals surface area contributed by atoms with Crippen molar-refractivity contribution >= 4 is 11.9 Å². The van der Waals surface area contributed by atoms with Gasteiger partial charge in [0.15, 0.2) is 5.92 Å². The third-order valence-corrected chi connectivity index (χ3v) is 2.56. The third-order valence-electron chi connectivity index (χ3n) is 2.56. The average Bonchev–Trinajstić information content (AvgIpc) is 2.24. The number of methoxy groups -OCH3 is 1. The fourth-order valence-electron chi connectivity index (χ4n) is 1.64. The van der Waals surface area contributed by atoms with E-state index in [1.165, 1.54) is 0 Å². The number of rotatable bonds is 8. The van der Waals surface area contributed by atoms with Gasteiger partial charge in [0.05, 0.1) is 12.2 Å². The van der Waals surface area contributed by atoms with Gasteiger partial charge in [-0.05, 0) is 40.0 Å². The molecule has 112 valence electrons. The summed E-state index contributed by atoms with van der Waals surface area (Å²) >= 11 is 0. The molecule has 0 spiro atoms. The molecule has 0 fully saturated rings. The Labute approximate surface area is 115 Å². The minimum Gasteiger partial charge on any atom is -0.462 e. The van der Waals surface area contributed by atoms with Gasteiger partial charge < -0.3 is 14.2 Å². The molecular weight excluding hydrogens is 248 g/mol. The molecule has 5 nitrogen and oxygen atoms in total. The molecule has 0 amide bonds. The first-order valence-corrected chi connectivity index (χ1v) is 6.69. The maximum Gasteiger partial charge on any atom is 0.320 e. The van der Waals surface area contributed by atoms with Crippen molar-refractivity contribution in [1.82, 2.24) is 0 Å². The second kappa shape index (κ2) is 8.91. The van der Waals surface area contributed by atoms with E-state index in [2.05, 4.69) is 0 Å². The highest BCUT2D eigenvalue weighted by Gasteiger charge is 2.35. The summed E-state index contributed by atoms with van der Waals surface area (Å²) in [4.78, 5) is 24.0. The normalized spacial score (nSPS) is 12.9. The van der Waals surface area contributed by atoms with E-state index in [9.17, 15) is 9.59 Å². The van der Waals surface area contributed by atoms with E-state index >= 15 is 0 Å². The van der Waals surface area contributed by atoms with Crippen molar-refractivity contribution in [2.24, 2.45) is 11.8 Å². The Morgan fingerprint density at radius 3 is 1.63 bits per heavy atom. The lowest BCUT2D eigenvalue weighted by atomic mass is 9.91. The molecule has 0 aliphatic heterocycles. The predicted octanol–water partition coefficient (Wildman–Crippen LogP) is 2.18. The fourth-order valence-corrected chi connectivity index (χ4v) is 1.64. The molecule has 0 aromatic heterocycles. The topological polar surface area (TPSA) is 61.8 Å². The zero-order valence-corrected chi connectivity index (χ0v) is 12.8. The molecule has 0 aromatic rings. The highest BCUT2D eigenvalue weighted by Crippen LogP contribution is 2.20. The van der Waals surface area contributed by atoms with Crippen molar-refractivity contribution in [3.8, 4) is 0 Å². The van der Waals surface area contributed by atoms with Gasteiger partial charge in [0.2, 0.25) is 0 Å². The molecule has 1 unspecified atom stereocenters. The van der Waals surface area contributed by atoms with Crippen LogP contribution in [-0.2, 0) is 23.8 Å². The zero-order valence-electron chi connectivity index (χ0n) is 12.8. The molecule has 0 bridgehead atoms. The third kappa shape index (κ3) is 7.15. The molecule has 0 aliphatic rings. The average molecular weight is 274 g/mol. The number of carbonyl (C=O) groups excluding carboxylic acids is 2. The van der Waals surface area contributed by atoms with Gasteiger partial charge in [0, 0.05) is 13.7 Å². The molecule has 0 aliphatic carbocycles. The summed E-state index contributed by atoms with van der Waals surface area (Å²) in [5.74, 6) is -2.12. The summed E-state index contributed by atoms with van der Waals surface area (Å²) in [5.41, 5.74) is 0. The van der Waals surface area contributed by atoms with Crippen LogP contribution in [0, 0.1) is 11.8 Å². The van der Waals surface area contributed by atoms with Gasteiger partial charge >= 0.3 is 11.9 Å². The molecule has 0 heterocycles. The lowest BCUT2D eigenvalue weighted by Gasteiger charge is -2.23. The smallest absolute Gasteiger partial charge is 0.320 e. The van der Waals surface area contributed by atoms with E-state index in [-0.39, 0.29) is 18.1 Å². The fraction of sp³-hybridized carbons (Fsp3) is 0.857. The lowest BCUT2D eigenvalue weighted by Crippen LogP contribution is -2.36. The van der Waals surface area contributed by atoms with E-state index in [0.29, 0.717) is 13.0 Å². The summed E-state index contributed by atoms with van der Waals surface area (Å²) in [5, 5.41) is 0. The maximum absolute atomic E-state index is 12.0. The molecule has 0 N–H and O–H groups in total. The van der Waals surface area contributed by atoms with Gasteiger partial charge in [-0.25, -0.2) is 0 Å². The Morgan fingerprint density at radius 1 is 0.895 bits per heavy atom. The molecule has 1 atom stereocenters. The number of hydrogen-bond donors (Lipinski definition) is 0. The maximum atomic E-state index is 12.0. The Kier molecular flexibility index (Phi) is 8.39. The largest absolute Gasteiger partial charge is 0.462 e. The van der Waals surface area contributed by atoms with Gasteiger partial charge in [0.25, 0.3) is 0 Å². The second-order valence-electron chi connectivity index (χ2n) is 5.21. The van der Waals surface area contributed by atoms with Crippen LogP contribution in [0.15, 0.2) is 0 Å². The van der Waals surface area contributed by atoms with E-state index in [1.54, 1.807) is 34.8 Å². The van der Waals surface area contributed by atoms with Crippen LogP contribution in [-0.4, -0.2) is 37.9 Å². The minimum absolute atomic E-state index is 0.183. The van der Waals surface area contributed by atoms with Gasteiger partial charge in [0.1, 0.15) is 0 Å². The Morgan fingerprint density at radius 2 is 1.32 bits per heavy atom. The number of hydrogen-bond acceptors (Lipinski definition) is 5. The second-order valence-corrected chi connectivity index (χ2v) is 5.21. The predicted molar refractivity (Wildman–Crippen MR) is 71.6 cm³/mol. The van der Waals surface area contributed by atoms with Gasteiger partial charge in [-0.15, -0.1) is 0 Å². The Balaban J connectivity index is 4.80. The zero-order chi connectivity index (χ0) is 15.0. The molecule has 5 heteroatoms. The summed E-state index contributed by atoms with van der Waals surface area (Å²) in [6, 6.07) is 0. The quantitative estimate of drug-likeness (QED) is 0.501. The minimum atomic E-state index is -0.889. The van der Waals surface area contributed by atoms with E-state index in [1.807, 2.05) is 6.92 Å². The van der Waals surface area contributed by atoms with Crippen molar-refractivity contribution < 1.29 is 23.8 Å². The molecule has 0 saturated carbocycles. The molecular formula is C14H26O5. The SMILES string of the molecule is COCCC(C)C(C(=O)OC(C)C)C(=O)OC(C)C. The van der Waals surface area contributed by atoms with Gasteiger partial charge in [-0.3, -0.25) is 9.59 Å². The van der Waals surface area contributed by atoms with Crippen LogP contribution in [0.4, 0.5) is 0 Å². The molecule has 0 rings (SSSR count). The van der Waals surface area contributed by atoms with Crippen LogP contribution < -0.4 is 0 Å². The highest BCUT2D eigenvalue weighted by molar-refractivity contribution is 5.95. The van der Waals surface area contributed by atoms with E-state index in [4.69, 9.17) is 14.2 Å². The van der Waals surface area contributed by atoms with Crippen LogP contribution in [0.2, 0.25) is 0 Å². The molecule has 0 radical (unpaired) electrons. The van der Waals surface area contributed by atoms with Crippen molar-refractivity contribution in [3.05, 3.63) is 0 Å². The first-order valence-electron chi connectivity index (χ1n) is 6.69. The first kappa shape index (κ1) is 17.9. The van der Waals surface area contributed by atoms with Crippen LogP contribution in [0.3, 0.4) is 0 Å². The van der Waals surface area contributed by atoms with Crippen molar-refractivity contribution in [1.29, 1.82) is 0 Å². The molecule has 19 heavy (non-hydrogen) atoms. The van der Waals surface area contributed by atoms with Crippen LogP contribution in [0.25, 0.3) is 0 Å². The summed E-state index contributed by atoms with van der Waals surface area (Å²) < 4.78 is 15.3. The standard InChI is InChI=1S/C14H26O5/c1-9(2)18-13(15)12(11(5)7-8-17-6)14(16)19-10(3)4/h9-12H,7-8H2,1-6H3. The summed E-state index contributed by atoms with van der Waals surface area (Å²) in [6.07, 6.45) is 0.0922. The number of esters is 2. The van der Waals surface area contributed by atoms with E-state index < -0.39 is 17.9 Å². The highest BCUT2D eigenvalue weighted by atomic mass is 16.6. The monoisotopic (exact) mass is 274 g/mol.